The fraction of sp³-hybridized carbons (Fsp3) is 0.455. The number of hydrogen-bond donors (Lipinski definition) is 2. The molecule has 0 spiro atoms. The van der Waals surface area contributed by atoms with Crippen LogP contribution in [0.1, 0.15) is 112 Å². The molecule has 4 heterocycles. The van der Waals surface area contributed by atoms with E-state index in [0.717, 1.165) is 58.3 Å². The summed E-state index contributed by atoms with van der Waals surface area (Å²) >= 11 is 0. The Kier molecular flexibility index (Phi) is 8.02. The average molecular weight is 544 g/mol. The molecule has 3 aromatic rings. The first-order chi connectivity index (χ1) is 19.2. The standard InChI is InChI=1S/C33H42FN5O/c1-7-9-23(29-15-26-20(5)18-40-33(26)32(37-29)31(19(3)4)27(34)16-35)17-36-28(8-2)24-12-21(6)39-25(13-24)14-30(38-39)22-10-11-22/h8,12-16,20,22-23,36H,7,9-11,17-18,35H2,1-6H3/b27-16+,28-8+. The molecule has 1 aliphatic carbocycles. The number of nitrogens with zero attached hydrogens (tertiary/aromatic N) is 3. The molecule has 6 nitrogen and oxygen atoms in total. The van der Waals surface area contributed by atoms with Gasteiger partial charge in [-0.25, -0.2) is 13.9 Å². The molecule has 7 heteroatoms. The average Bonchev–Trinajstić information content (AvgIpc) is 3.59. The molecule has 0 aromatic carbocycles. The van der Waals surface area contributed by atoms with Gasteiger partial charge in [-0.1, -0.05) is 31.9 Å². The largest absolute Gasteiger partial charge is 0.490 e. The lowest BCUT2D eigenvalue weighted by Gasteiger charge is -2.22. The van der Waals surface area contributed by atoms with Gasteiger partial charge in [0.25, 0.3) is 0 Å². The Labute approximate surface area is 237 Å². The summed E-state index contributed by atoms with van der Waals surface area (Å²) in [4.78, 5) is 5.05. The first-order valence-corrected chi connectivity index (χ1v) is 14.6. The third-order valence-corrected chi connectivity index (χ3v) is 8.10. The summed E-state index contributed by atoms with van der Waals surface area (Å²) in [6, 6.07) is 8.82. The van der Waals surface area contributed by atoms with Crippen LogP contribution < -0.4 is 15.8 Å². The second kappa shape index (κ2) is 11.5. The van der Waals surface area contributed by atoms with Crippen LogP contribution in [0.5, 0.6) is 5.75 Å². The number of nitrogens with one attached hydrogen (secondary N) is 1. The van der Waals surface area contributed by atoms with E-state index in [2.05, 4.69) is 67.9 Å². The molecule has 0 radical (unpaired) electrons. The van der Waals surface area contributed by atoms with Crippen molar-refractivity contribution in [2.45, 2.75) is 85.0 Å². The van der Waals surface area contributed by atoms with Crippen molar-refractivity contribution in [2.24, 2.45) is 5.73 Å². The first-order valence-electron chi connectivity index (χ1n) is 14.6. The van der Waals surface area contributed by atoms with Crippen molar-refractivity contribution >= 4 is 16.8 Å². The minimum absolute atomic E-state index is 0.140. The van der Waals surface area contributed by atoms with Gasteiger partial charge >= 0.3 is 0 Å². The molecule has 5 rings (SSSR count). The van der Waals surface area contributed by atoms with Crippen LogP contribution in [0.2, 0.25) is 0 Å². The molecule has 212 valence electrons. The molecule has 3 N–H and O–H groups in total. The van der Waals surface area contributed by atoms with Gasteiger partial charge in [-0.3, -0.25) is 0 Å². The molecule has 3 aromatic heterocycles. The highest BCUT2D eigenvalue weighted by Gasteiger charge is 2.30. The predicted octanol–water partition coefficient (Wildman–Crippen LogP) is 7.51. The molecule has 1 aliphatic heterocycles. The van der Waals surface area contributed by atoms with Gasteiger partial charge in [0, 0.05) is 64.3 Å². The summed E-state index contributed by atoms with van der Waals surface area (Å²) in [6.45, 7) is 13.6. The van der Waals surface area contributed by atoms with Crippen LogP contribution in [0.15, 0.2) is 47.9 Å². The number of aryl methyl sites for hydroxylation is 1. The lowest BCUT2D eigenvalue weighted by atomic mass is 9.92. The number of allylic oxidation sites excluding steroid dienone is 4. The van der Waals surface area contributed by atoms with Gasteiger partial charge < -0.3 is 15.8 Å². The maximum atomic E-state index is 15.0. The van der Waals surface area contributed by atoms with Gasteiger partial charge in [0.1, 0.15) is 17.3 Å². The number of rotatable bonds is 10. The summed E-state index contributed by atoms with van der Waals surface area (Å²) in [7, 11) is 0. The second-order valence-corrected chi connectivity index (χ2v) is 11.6. The van der Waals surface area contributed by atoms with E-state index in [0.29, 0.717) is 36.1 Å². The Balaban J connectivity index is 1.47. The summed E-state index contributed by atoms with van der Waals surface area (Å²) < 4.78 is 23.1. The monoisotopic (exact) mass is 543 g/mol. The van der Waals surface area contributed by atoms with Crippen LogP contribution in [0.25, 0.3) is 16.8 Å². The Morgan fingerprint density at radius 2 is 2.02 bits per heavy atom. The number of nitrogens with two attached hydrogens (primary N) is 1. The van der Waals surface area contributed by atoms with E-state index in [4.69, 9.17) is 20.6 Å². The molecule has 2 aliphatic rings. The van der Waals surface area contributed by atoms with E-state index in [1.54, 1.807) is 0 Å². The maximum absolute atomic E-state index is 15.0. The fourth-order valence-corrected chi connectivity index (χ4v) is 5.77. The molecule has 1 saturated carbocycles. The minimum Gasteiger partial charge on any atom is -0.490 e. The third kappa shape index (κ3) is 5.38. The third-order valence-electron chi connectivity index (χ3n) is 8.10. The molecule has 2 atom stereocenters. The van der Waals surface area contributed by atoms with Crippen molar-refractivity contribution in [3.05, 3.63) is 81.8 Å². The zero-order valence-electron chi connectivity index (χ0n) is 24.6. The lowest BCUT2D eigenvalue weighted by Crippen LogP contribution is -2.22. The van der Waals surface area contributed by atoms with Crippen LogP contribution in [0.4, 0.5) is 4.39 Å². The van der Waals surface area contributed by atoms with Gasteiger partial charge in [0.05, 0.1) is 17.8 Å². The Morgan fingerprint density at radius 1 is 1.25 bits per heavy atom. The fourth-order valence-electron chi connectivity index (χ4n) is 5.77. The van der Waals surface area contributed by atoms with Crippen molar-refractivity contribution in [3.63, 3.8) is 0 Å². The predicted molar refractivity (Wildman–Crippen MR) is 161 cm³/mol. The number of halogens is 1. The summed E-state index contributed by atoms with van der Waals surface area (Å²) in [5.41, 5.74) is 15.1. The summed E-state index contributed by atoms with van der Waals surface area (Å²) in [6.07, 6.45) is 7.59. The number of pyridine rings is 2. The Hall–Kier alpha value is -3.61. The van der Waals surface area contributed by atoms with Gasteiger partial charge in [-0.15, -0.1) is 0 Å². The highest BCUT2D eigenvalue weighted by atomic mass is 19.1. The molecule has 1 fully saturated rings. The zero-order chi connectivity index (χ0) is 28.6. The van der Waals surface area contributed by atoms with Crippen molar-refractivity contribution in [3.8, 4) is 5.75 Å². The van der Waals surface area contributed by atoms with Crippen molar-refractivity contribution in [1.82, 2.24) is 19.9 Å². The topological polar surface area (TPSA) is 77.5 Å². The minimum atomic E-state index is -0.480. The highest BCUT2D eigenvalue weighted by Crippen LogP contribution is 2.43. The van der Waals surface area contributed by atoms with Gasteiger partial charge in [-0.05, 0) is 71.2 Å². The first kappa shape index (κ1) is 27.9. The van der Waals surface area contributed by atoms with Crippen LogP contribution in [0.3, 0.4) is 0 Å². The van der Waals surface area contributed by atoms with Crippen LogP contribution in [0, 0.1) is 6.92 Å². The normalized spacial score (nSPS) is 18.0. The second-order valence-electron chi connectivity index (χ2n) is 11.6. The van der Waals surface area contributed by atoms with Crippen molar-refractivity contribution in [2.75, 3.05) is 13.2 Å². The maximum Gasteiger partial charge on any atom is 0.149 e. The Morgan fingerprint density at radius 3 is 2.67 bits per heavy atom. The van der Waals surface area contributed by atoms with E-state index < -0.39 is 5.83 Å². The van der Waals surface area contributed by atoms with Gasteiger partial charge in [-0.2, -0.15) is 5.10 Å². The van der Waals surface area contributed by atoms with Crippen LogP contribution in [-0.4, -0.2) is 27.7 Å². The van der Waals surface area contributed by atoms with E-state index in [1.165, 1.54) is 18.5 Å². The van der Waals surface area contributed by atoms with E-state index in [-0.39, 0.29) is 11.8 Å². The van der Waals surface area contributed by atoms with E-state index >= 15 is 4.39 Å². The van der Waals surface area contributed by atoms with E-state index in [9.17, 15) is 0 Å². The number of hydrogen-bond acceptors (Lipinski definition) is 5. The lowest BCUT2D eigenvalue weighted by molar-refractivity contribution is 0.335. The molecular formula is C33H42FN5O. The number of fused-ring (bicyclic) bond motifs is 2. The van der Waals surface area contributed by atoms with Crippen molar-refractivity contribution < 1.29 is 9.13 Å². The van der Waals surface area contributed by atoms with Crippen LogP contribution in [-0.2, 0) is 0 Å². The molecule has 0 amide bonds. The van der Waals surface area contributed by atoms with Gasteiger partial charge in [0.15, 0.2) is 0 Å². The number of ether oxygens (including phenoxy) is 1. The highest BCUT2D eigenvalue weighted by molar-refractivity contribution is 5.81. The number of aromatic nitrogens is 3. The smallest absolute Gasteiger partial charge is 0.149 e. The van der Waals surface area contributed by atoms with Gasteiger partial charge in [0.2, 0.25) is 0 Å². The molecule has 0 bridgehead atoms. The quantitative estimate of drug-likeness (QED) is 0.259. The Bertz CT molecular complexity index is 1510. The van der Waals surface area contributed by atoms with Crippen LogP contribution >= 0.6 is 0 Å². The summed E-state index contributed by atoms with van der Waals surface area (Å²) in [5, 5.41) is 8.57. The zero-order valence-corrected chi connectivity index (χ0v) is 24.6. The van der Waals surface area contributed by atoms with E-state index in [1.807, 2.05) is 13.8 Å². The van der Waals surface area contributed by atoms with Crippen molar-refractivity contribution in [1.29, 1.82) is 0 Å². The molecule has 0 saturated heterocycles. The molecule has 2 unspecified atom stereocenters. The summed E-state index contributed by atoms with van der Waals surface area (Å²) in [5.74, 6) is 1.17. The molecule has 40 heavy (non-hydrogen) atoms. The molecular weight excluding hydrogens is 501 g/mol. The SMILES string of the molecule is C/C=C(/NCC(CCC)c1cc2c(c(C(=C(C)C)/C(F)=C\N)n1)OCC2C)c1cc(C)n2nc(C3CC3)cc2c1.